The van der Waals surface area contributed by atoms with Gasteiger partial charge in [-0.05, 0) is 38.0 Å². The summed E-state index contributed by atoms with van der Waals surface area (Å²) < 4.78 is 5.87. The van der Waals surface area contributed by atoms with E-state index in [1.165, 1.54) is 28.7 Å². The number of nitrogens with one attached hydrogen (secondary N) is 1. The van der Waals surface area contributed by atoms with Gasteiger partial charge in [0.1, 0.15) is 5.25 Å². The Morgan fingerprint density at radius 1 is 1.45 bits per heavy atom. The number of anilines is 2. The quantitative estimate of drug-likeness (QED) is 0.608. The van der Waals surface area contributed by atoms with Gasteiger partial charge in [-0.25, -0.2) is 0 Å². The van der Waals surface area contributed by atoms with Crippen LogP contribution in [-0.2, 0) is 9.53 Å². The van der Waals surface area contributed by atoms with E-state index < -0.39 is 0 Å². The van der Waals surface area contributed by atoms with Gasteiger partial charge in [0.2, 0.25) is 5.13 Å². The van der Waals surface area contributed by atoms with Crippen molar-refractivity contribution in [3.8, 4) is 0 Å². The zero-order valence-electron chi connectivity index (χ0n) is 12.8. The van der Waals surface area contributed by atoms with Crippen molar-refractivity contribution in [2.24, 2.45) is 0 Å². The fourth-order valence-electron chi connectivity index (χ4n) is 1.67. The largest absolute Gasteiger partial charge is 0.465 e. The molecular weight excluding hydrogens is 318 g/mol. The molecule has 0 saturated heterocycles. The molecule has 22 heavy (non-hydrogen) atoms. The van der Waals surface area contributed by atoms with E-state index in [0.717, 1.165) is 16.4 Å². The van der Waals surface area contributed by atoms with Crippen LogP contribution >= 0.6 is 23.1 Å². The fraction of sp³-hybridized carbons (Fsp3) is 0.400. The van der Waals surface area contributed by atoms with Crippen molar-refractivity contribution in [2.75, 3.05) is 11.9 Å². The van der Waals surface area contributed by atoms with Crippen LogP contribution < -0.4 is 5.32 Å². The third-order valence-electron chi connectivity index (χ3n) is 2.73. The van der Waals surface area contributed by atoms with Crippen LogP contribution in [0.25, 0.3) is 0 Å². The van der Waals surface area contributed by atoms with E-state index in [1.807, 2.05) is 45.0 Å². The fourth-order valence-corrected chi connectivity index (χ4v) is 3.59. The van der Waals surface area contributed by atoms with Crippen molar-refractivity contribution in [1.29, 1.82) is 0 Å². The summed E-state index contributed by atoms with van der Waals surface area (Å²) >= 11 is 2.79. The molecule has 0 fully saturated rings. The van der Waals surface area contributed by atoms with Gasteiger partial charge in [0.25, 0.3) is 0 Å². The van der Waals surface area contributed by atoms with Gasteiger partial charge in [0, 0.05) is 5.69 Å². The molecule has 0 radical (unpaired) electrons. The Kier molecular flexibility index (Phi) is 6.21. The van der Waals surface area contributed by atoms with Crippen LogP contribution in [0.15, 0.2) is 28.6 Å². The number of rotatable bonds is 7. The average molecular weight is 337 g/mol. The predicted molar refractivity (Wildman–Crippen MR) is 90.9 cm³/mol. The number of hydrogen-bond donors (Lipinski definition) is 1. The number of hydrogen-bond acceptors (Lipinski definition) is 7. The monoisotopic (exact) mass is 337 g/mol. The van der Waals surface area contributed by atoms with E-state index in [-0.39, 0.29) is 11.2 Å². The highest BCUT2D eigenvalue weighted by Gasteiger charge is 2.18. The van der Waals surface area contributed by atoms with Gasteiger partial charge >= 0.3 is 5.97 Å². The summed E-state index contributed by atoms with van der Waals surface area (Å²) in [5, 5.41) is 11.8. The van der Waals surface area contributed by atoms with Crippen LogP contribution in [0, 0.1) is 6.92 Å². The standard InChI is InChI=1S/C15H19N3O2S2/c1-4-8-20-13(19)11(3)21-15-18-17-14(22-15)16-12-7-5-6-10(2)9-12/h5-7,9,11H,4,8H2,1-3H3,(H,16,17). The normalized spacial score (nSPS) is 12.0. The summed E-state index contributed by atoms with van der Waals surface area (Å²) in [5.74, 6) is -0.213. The van der Waals surface area contributed by atoms with Gasteiger partial charge in [0.15, 0.2) is 4.34 Å². The summed E-state index contributed by atoms with van der Waals surface area (Å²) in [6.07, 6.45) is 0.826. The number of carbonyl (C=O) groups excluding carboxylic acids is 1. The Bertz CT molecular complexity index is 631. The minimum Gasteiger partial charge on any atom is -0.465 e. The van der Waals surface area contributed by atoms with Crippen molar-refractivity contribution in [2.45, 2.75) is 36.8 Å². The van der Waals surface area contributed by atoms with Gasteiger partial charge in [0.05, 0.1) is 6.61 Å². The predicted octanol–water partition coefficient (Wildman–Crippen LogP) is 4.02. The molecule has 2 aromatic rings. The van der Waals surface area contributed by atoms with Gasteiger partial charge in [-0.1, -0.05) is 42.2 Å². The molecule has 0 amide bonds. The SMILES string of the molecule is CCCOC(=O)C(C)Sc1nnc(Nc2cccc(C)c2)s1. The number of nitrogens with zero attached hydrogens (tertiary/aromatic N) is 2. The maximum absolute atomic E-state index is 11.7. The molecule has 0 saturated carbocycles. The van der Waals surface area contributed by atoms with Crippen molar-refractivity contribution < 1.29 is 9.53 Å². The Morgan fingerprint density at radius 3 is 3.00 bits per heavy atom. The minimum atomic E-state index is -0.286. The molecule has 118 valence electrons. The molecule has 1 heterocycles. The van der Waals surface area contributed by atoms with E-state index in [9.17, 15) is 4.79 Å². The molecule has 1 atom stereocenters. The summed E-state index contributed by atoms with van der Waals surface area (Å²) in [4.78, 5) is 11.7. The molecular formula is C15H19N3O2S2. The molecule has 1 unspecified atom stereocenters. The lowest BCUT2D eigenvalue weighted by atomic mass is 10.2. The van der Waals surface area contributed by atoms with Gasteiger partial charge in [-0.2, -0.15) is 0 Å². The first-order chi connectivity index (χ1) is 10.6. The first-order valence-corrected chi connectivity index (χ1v) is 8.78. The first-order valence-electron chi connectivity index (χ1n) is 7.09. The molecule has 0 aliphatic heterocycles. The van der Waals surface area contributed by atoms with E-state index >= 15 is 0 Å². The Morgan fingerprint density at radius 2 is 2.27 bits per heavy atom. The van der Waals surface area contributed by atoms with Crippen LogP contribution in [-0.4, -0.2) is 28.0 Å². The van der Waals surface area contributed by atoms with E-state index in [2.05, 4.69) is 15.5 Å². The maximum Gasteiger partial charge on any atom is 0.319 e. The lowest BCUT2D eigenvalue weighted by Crippen LogP contribution is -2.17. The second-order valence-electron chi connectivity index (χ2n) is 4.80. The smallest absolute Gasteiger partial charge is 0.319 e. The zero-order valence-corrected chi connectivity index (χ0v) is 14.5. The third kappa shape index (κ3) is 4.99. The molecule has 5 nitrogen and oxygen atoms in total. The Balaban J connectivity index is 1.92. The second-order valence-corrected chi connectivity index (χ2v) is 7.36. The number of ether oxygens (including phenoxy) is 1. The van der Waals surface area contributed by atoms with Crippen molar-refractivity contribution in [3.63, 3.8) is 0 Å². The highest BCUT2D eigenvalue weighted by Crippen LogP contribution is 2.30. The van der Waals surface area contributed by atoms with E-state index in [0.29, 0.717) is 11.7 Å². The molecule has 1 N–H and O–H groups in total. The molecule has 1 aromatic heterocycles. The van der Waals surface area contributed by atoms with Crippen LogP contribution in [0.5, 0.6) is 0 Å². The van der Waals surface area contributed by atoms with Crippen LogP contribution in [0.4, 0.5) is 10.8 Å². The maximum atomic E-state index is 11.7. The van der Waals surface area contributed by atoms with Crippen molar-refractivity contribution >= 4 is 39.9 Å². The number of thioether (sulfide) groups is 1. The van der Waals surface area contributed by atoms with Gasteiger partial charge in [-0.3, -0.25) is 4.79 Å². The lowest BCUT2D eigenvalue weighted by Gasteiger charge is -2.08. The third-order valence-corrected chi connectivity index (χ3v) is 4.74. The molecule has 0 spiro atoms. The highest BCUT2D eigenvalue weighted by atomic mass is 32.2. The topological polar surface area (TPSA) is 64.1 Å². The van der Waals surface area contributed by atoms with Crippen molar-refractivity contribution in [3.05, 3.63) is 29.8 Å². The summed E-state index contributed by atoms with van der Waals surface area (Å²) in [7, 11) is 0. The first kappa shape index (κ1) is 16.8. The number of benzene rings is 1. The number of aromatic nitrogens is 2. The number of esters is 1. The summed E-state index contributed by atoms with van der Waals surface area (Å²) in [6, 6.07) is 8.04. The van der Waals surface area contributed by atoms with E-state index in [4.69, 9.17) is 4.74 Å². The van der Waals surface area contributed by atoms with Crippen LogP contribution in [0.3, 0.4) is 0 Å². The van der Waals surface area contributed by atoms with Crippen LogP contribution in [0.1, 0.15) is 25.8 Å². The molecule has 1 aromatic carbocycles. The minimum absolute atomic E-state index is 0.213. The number of carbonyl (C=O) groups is 1. The summed E-state index contributed by atoms with van der Waals surface area (Å²) in [6.45, 7) is 6.28. The molecule has 7 heteroatoms. The van der Waals surface area contributed by atoms with E-state index in [1.54, 1.807) is 0 Å². The number of aryl methyl sites for hydroxylation is 1. The molecule has 0 aliphatic carbocycles. The average Bonchev–Trinajstić information content (AvgIpc) is 2.91. The van der Waals surface area contributed by atoms with Crippen LogP contribution in [0.2, 0.25) is 0 Å². The Hall–Kier alpha value is -1.60. The Labute approximate surface area is 138 Å². The lowest BCUT2D eigenvalue weighted by molar-refractivity contribution is -0.142. The summed E-state index contributed by atoms with van der Waals surface area (Å²) in [5.41, 5.74) is 2.15. The second kappa shape index (κ2) is 8.14. The van der Waals surface area contributed by atoms with Gasteiger partial charge in [-0.15, -0.1) is 10.2 Å². The highest BCUT2D eigenvalue weighted by molar-refractivity contribution is 8.02. The van der Waals surface area contributed by atoms with Gasteiger partial charge < -0.3 is 10.1 Å². The van der Waals surface area contributed by atoms with Crippen molar-refractivity contribution in [1.82, 2.24) is 10.2 Å². The molecule has 0 bridgehead atoms. The molecule has 2 rings (SSSR count). The zero-order chi connectivity index (χ0) is 15.9. The molecule has 0 aliphatic rings.